The summed E-state index contributed by atoms with van der Waals surface area (Å²) in [5, 5.41) is 0. The Balaban J connectivity index is 2.35. The average molecular weight is 184 g/mol. The number of carbonyl (C=O) groups is 1. The van der Waals surface area contributed by atoms with Crippen molar-refractivity contribution in [3.63, 3.8) is 0 Å². The Hall–Kier alpha value is -0.530. The summed E-state index contributed by atoms with van der Waals surface area (Å²) in [5.74, 6) is 0.683. The fraction of sp³-hybridized carbons (Fsp3) is 0.909. The quantitative estimate of drug-likeness (QED) is 0.630. The van der Waals surface area contributed by atoms with Crippen LogP contribution < -0.4 is 0 Å². The molecule has 2 nitrogen and oxygen atoms in total. The Morgan fingerprint density at radius 2 is 2.00 bits per heavy atom. The molecule has 76 valence electrons. The summed E-state index contributed by atoms with van der Waals surface area (Å²) >= 11 is 0. The van der Waals surface area contributed by atoms with Crippen LogP contribution in [0.3, 0.4) is 0 Å². The molecule has 2 heteroatoms. The summed E-state index contributed by atoms with van der Waals surface area (Å²) in [7, 11) is 0. The molecule has 0 aliphatic heterocycles. The van der Waals surface area contributed by atoms with Crippen LogP contribution in [0.15, 0.2) is 0 Å². The van der Waals surface area contributed by atoms with E-state index >= 15 is 0 Å². The van der Waals surface area contributed by atoms with Gasteiger partial charge in [0, 0.05) is 0 Å². The molecule has 0 aromatic heterocycles. The average Bonchev–Trinajstić information content (AvgIpc) is 2.18. The smallest absolute Gasteiger partial charge is 0.308 e. The summed E-state index contributed by atoms with van der Waals surface area (Å²) in [6, 6.07) is 0. The van der Waals surface area contributed by atoms with E-state index in [9.17, 15) is 4.79 Å². The lowest BCUT2D eigenvalue weighted by atomic mass is 9.81. The maximum atomic E-state index is 11.4. The maximum absolute atomic E-state index is 11.4. The van der Waals surface area contributed by atoms with Crippen molar-refractivity contribution in [3.05, 3.63) is 0 Å². The number of ether oxygens (including phenoxy) is 1. The molecule has 1 aliphatic rings. The van der Waals surface area contributed by atoms with Crippen LogP contribution >= 0.6 is 0 Å². The van der Waals surface area contributed by atoms with Crippen molar-refractivity contribution in [2.45, 2.75) is 46.0 Å². The van der Waals surface area contributed by atoms with E-state index in [4.69, 9.17) is 4.74 Å². The molecule has 1 atom stereocenters. The van der Waals surface area contributed by atoms with Crippen LogP contribution in [0.2, 0.25) is 0 Å². The third kappa shape index (κ3) is 3.02. The molecule has 1 fully saturated rings. The van der Waals surface area contributed by atoms with Crippen molar-refractivity contribution >= 4 is 5.97 Å². The van der Waals surface area contributed by atoms with Crippen molar-refractivity contribution in [2.24, 2.45) is 11.8 Å². The van der Waals surface area contributed by atoms with E-state index in [0.29, 0.717) is 12.5 Å². The lowest BCUT2D eigenvalue weighted by molar-refractivity contribution is -0.149. The number of hydrogen-bond donors (Lipinski definition) is 0. The highest BCUT2D eigenvalue weighted by atomic mass is 16.5. The Morgan fingerprint density at radius 3 is 2.54 bits per heavy atom. The molecule has 0 amide bonds. The minimum atomic E-state index is -0.00519. The molecule has 0 radical (unpaired) electrons. The van der Waals surface area contributed by atoms with Crippen molar-refractivity contribution in [3.8, 4) is 0 Å². The third-order valence-corrected chi connectivity index (χ3v) is 3.02. The van der Waals surface area contributed by atoms with E-state index in [1.807, 2.05) is 13.8 Å². The van der Waals surface area contributed by atoms with Crippen molar-refractivity contribution < 1.29 is 9.53 Å². The van der Waals surface area contributed by atoms with E-state index in [2.05, 4.69) is 0 Å². The summed E-state index contributed by atoms with van der Waals surface area (Å²) in [6.07, 6.45) is 6.33. The highest BCUT2D eigenvalue weighted by molar-refractivity contribution is 5.72. The van der Waals surface area contributed by atoms with Gasteiger partial charge in [-0.2, -0.15) is 0 Å². The number of esters is 1. The van der Waals surface area contributed by atoms with Crippen LogP contribution in [0, 0.1) is 11.8 Å². The highest BCUT2D eigenvalue weighted by Gasteiger charge is 2.26. The molecule has 0 heterocycles. The Kier molecular flexibility index (Phi) is 4.26. The Bertz CT molecular complexity index is 159. The van der Waals surface area contributed by atoms with Gasteiger partial charge in [-0.15, -0.1) is 0 Å². The molecule has 1 aliphatic carbocycles. The highest BCUT2D eigenvalue weighted by Crippen LogP contribution is 2.30. The Morgan fingerprint density at radius 1 is 1.38 bits per heavy atom. The first kappa shape index (κ1) is 10.6. The van der Waals surface area contributed by atoms with E-state index in [0.717, 1.165) is 0 Å². The van der Waals surface area contributed by atoms with Gasteiger partial charge in [0.25, 0.3) is 0 Å². The van der Waals surface area contributed by atoms with Gasteiger partial charge >= 0.3 is 5.97 Å². The van der Waals surface area contributed by atoms with Crippen LogP contribution in [-0.4, -0.2) is 12.6 Å². The van der Waals surface area contributed by atoms with Gasteiger partial charge in [0.05, 0.1) is 12.5 Å². The van der Waals surface area contributed by atoms with Gasteiger partial charge in [-0.25, -0.2) is 0 Å². The standard InChI is InChI=1S/C11H20O2/c1-3-13-11(12)9(2)10-7-5-4-6-8-10/h9-10H,3-8H2,1-2H3. The van der Waals surface area contributed by atoms with Gasteiger partial charge in [-0.1, -0.05) is 26.2 Å². The molecular formula is C11H20O2. The number of hydrogen-bond acceptors (Lipinski definition) is 2. The minimum absolute atomic E-state index is 0.00519. The Labute approximate surface area is 80.7 Å². The van der Waals surface area contributed by atoms with Gasteiger partial charge < -0.3 is 4.74 Å². The first-order chi connectivity index (χ1) is 6.25. The minimum Gasteiger partial charge on any atom is -0.466 e. The van der Waals surface area contributed by atoms with Gasteiger partial charge in [0.2, 0.25) is 0 Å². The molecule has 1 saturated carbocycles. The monoisotopic (exact) mass is 184 g/mol. The van der Waals surface area contributed by atoms with Crippen LogP contribution in [0.4, 0.5) is 0 Å². The molecule has 1 unspecified atom stereocenters. The van der Waals surface area contributed by atoms with Crippen molar-refractivity contribution in [1.29, 1.82) is 0 Å². The molecule has 0 bridgehead atoms. The summed E-state index contributed by atoms with van der Waals surface area (Å²) in [6.45, 7) is 4.38. The summed E-state index contributed by atoms with van der Waals surface area (Å²) in [5.41, 5.74) is 0. The van der Waals surface area contributed by atoms with Crippen LogP contribution in [0.5, 0.6) is 0 Å². The largest absolute Gasteiger partial charge is 0.466 e. The van der Waals surface area contributed by atoms with Gasteiger partial charge in [0.15, 0.2) is 0 Å². The molecule has 0 aromatic rings. The van der Waals surface area contributed by atoms with E-state index < -0.39 is 0 Å². The van der Waals surface area contributed by atoms with Crippen LogP contribution in [-0.2, 0) is 9.53 Å². The predicted octanol–water partition coefficient (Wildman–Crippen LogP) is 2.77. The molecule has 0 aromatic carbocycles. The molecule has 0 spiro atoms. The number of rotatable bonds is 3. The zero-order valence-corrected chi connectivity index (χ0v) is 8.71. The molecule has 0 N–H and O–H groups in total. The van der Waals surface area contributed by atoms with E-state index in [-0.39, 0.29) is 11.9 Å². The fourth-order valence-corrected chi connectivity index (χ4v) is 2.10. The van der Waals surface area contributed by atoms with Gasteiger partial charge in [-0.3, -0.25) is 4.79 Å². The third-order valence-electron chi connectivity index (χ3n) is 3.02. The van der Waals surface area contributed by atoms with Gasteiger partial charge in [0.1, 0.15) is 0 Å². The van der Waals surface area contributed by atoms with E-state index in [1.54, 1.807) is 0 Å². The SMILES string of the molecule is CCOC(=O)C(C)C1CCCCC1. The second-order valence-electron chi connectivity index (χ2n) is 3.94. The van der Waals surface area contributed by atoms with Crippen molar-refractivity contribution in [2.75, 3.05) is 6.61 Å². The topological polar surface area (TPSA) is 26.3 Å². The first-order valence-corrected chi connectivity index (χ1v) is 5.42. The normalized spacial score (nSPS) is 21.1. The lowest BCUT2D eigenvalue weighted by Crippen LogP contribution is -2.24. The fourth-order valence-electron chi connectivity index (χ4n) is 2.10. The first-order valence-electron chi connectivity index (χ1n) is 5.42. The summed E-state index contributed by atoms with van der Waals surface area (Å²) < 4.78 is 5.02. The lowest BCUT2D eigenvalue weighted by Gasteiger charge is -2.25. The molecular weight excluding hydrogens is 164 g/mol. The van der Waals surface area contributed by atoms with Crippen LogP contribution in [0.25, 0.3) is 0 Å². The zero-order chi connectivity index (χ0) is 9.68. The van der Waals surface area contributed by atoms with E-state index in [1.165, 1.54) is 32.1 Å². The second kappa shape index (κ2) is 5.25. The molecule has 0 saturated heterocycles. The van der Waals surface area contributed by atoms with Crippen LogP contribution in [0.1, 0.15) is 46.0 Å². The maximum Gasteiger partial charge on any atom is 0.308 e. The predicted molar refractivity (Wildman–Crippen MR) is 52.4 cm³/mol. The number of carbonyl (C=O) groups excluding carboxylic acids is 1. The second-order valence-corrected chi connectivity index (χ2v) is 3.94. The van der Waals surface area contributed by atoms with Gasteiger partial charge in [-0.05, 0) is 25.7 Å². The van der Waals surface area contributed by atoms with Crippen molar-refractivity contribution in [1.82, 2.24) is 0 Å². The molecule has 13 heavy (non-hydrogen) atoms. The molecule has 1 rings (SSSR count). The summed E-state index contributed by atoms with van der Waals surface area (Å²) in [4.78, 5) is 11.4. The zero-order valence-electron chi connectivity index (χ0n) is 8.71.